The number of hydrogen-bond donors (Lipinski definition) is 8. The maximum Gasteiger partial charge on any atom is 1.00 e. The third-order valence-corrected chi connectivity index (χ3v) is 6.44. The molecule has 0 spiro atoms. The van der Waals surface area contributed by atoms with Crippen LogP contribution in [-0.2, 0) is 27.3 Å². The summed E-state index contributed by atoms with van der Waals surface area (Å²) in [5.74, 6) is -0.615. The topological polar surface area (TPSA) is 200 Å². The number of ether oxygens (including phenoxy) is 1. The number of nitrogens with one attached hydrogen (secondary N) is 3. The Morgan fingerprint density at radius 2 is 1.74 bits per heavy atom. The SMILES string of the molecule is CO.C[O-].Cc1[nH]c2ccccc2c1CCNCc1ccc(/C=C/C(=O)NO[C@@H]2O[C@H](CO)[C@H](O)[C@H](O)[C@H]2O)cc1.[HH].[HH].[HH].[Na+]. The molecular weight excluding hydrogens is 557 g/mol. The fourth-order valence-corrected chi connectivity index (χ4v) is 4.34. The van der Waals surface area contributed by atoms with Crippen LogP contribution in [0.5, 0.6) is 0 Å². The maximum atomic E-state index is 12.1. The number of para-hydroxylation sites is 1. The largest absolute Gasteiger partial charge is 1.00 e. The molecule has 5 atom stereocenters. The summed E-state index contributed by atoms with van der Waals surface area (Å²) in [5.41, 5.74) is 7.72. The number of aromatic amines is 1. The molecule has 232 valence electrons. The summed E-state index contributed by atoms with van der Waals surface area (Å²) in [6, 6.07) is 16.1. The van der Waals surface area contributed by atoms with Crippen LogP contribution >= 0.6 is 0 Å². The molecule has 13 heteroatoms. The quantitative estimate of drug-likeness (QED) is 0.0511. The summed E-state index contributed by atoms with van der Waals surface area (Å²) >= 11 is 0. The first-order valence-corrected chi connectivity index (χ1v) is 13.0. The number of fused-ring (bicyclic) bond motifs is 1. The number of benzene rings is 2. The standard InChI is InChI=1S/C27H33N3O7.CH4O.CH3O.Na.3H2/c1-16-19(20-4-2-3-5-21(20)29-16)12-13-28-14-18-8-6-17(7-9-18)10-11-23(32)30-37-27-26(35)25(34)24(33)22(15-31)36-27;2*1-2;;;;/h2-11,22,24-29,31,33-35H,12-15H2,1H3,(H,30,32);2H,1H3;1H3;;3*1H/q;;-1;+1;;;/b11-10+;;;;;;/t22-,24+,25+,26-,27+;;;;;;/m1....../s1. The van der Waals surface area contributed by atoms with Crippen molar-refractivity contribution in [3.05, 3.63) is 77.0 Å². The Kier molecular flexibility index (Phi) is 17.9. The molecule has 12 nitrogen and oxygen atoms in total. The van der Waals surface area contributed by atoms with E-state index < -0.39 is 43.2 Å². The van der Waals surface area contributed by atoms with Crippen molar-refractivity contribution in [3.8, 4) is 0 Å². The zero-order valence-electron chi connectivity index (χ0n) is 24.4. The van der Waals surface area contributed by atoms with E-state index >= 15 is 0 Å². The number of aliphatic hydroxyl groups is 5. The molecule has 2 heterocycles. The van der Waals surface area contributed by atoms with Crippen LogP contribution in [0.1, 0.15) is 26.7 Å². The third kappa shape index (κ3) is 10.5. The predicted octanol–water partition coefficient (Wildman–Crippen LogP) is -3.00. The van der Waals surface area contributed by atoms with E-state index in [9.17, 15) is 25.2 Å². The van der Waals surface area contributed by atoms with Crippen LogP contribution in [0, 0.1) is 6.92 Å². The minimum atomic E-state index is -1.60. The minimum absolute atomic E-state index is 0. The molecule has 0 aliphatic carbocycles. The minimum Gasteiger partial charge on any atom is -0.857 e. The summed E-state index contributed by atoms with van der Waals surface area (Å²) in [6.45, 7) is 3.08. The number of aliphatic hydroxyl groups excluding tert-OH is 5. The molecule has 1 amide bonds. The molecule has 1 aliphatic rings. The Labute approximate surface area is 271 Å². The van der Waals surface area contributed by atoms with Crippen molar-refractivity contribution < 1.29 is 78.8 Å². The number of rotatable bonds is 10. The van der Waals surface area contributed by atoms with Gasteiger partial charge in [0.15, 0.2) is 0 Å². The van der Waals surface area contributed by atoms with Gasteiger partial charge >= 0.3 is 29.6 Å². The maximum absolute atomic E-state index is 12.1. The fourth-order valence-electron chi connectivity index (χ4n) is 4.34. The predicted molar refractivity (Wildman–Crippen MR) is 157 cm³/mol. The van der Waals surface area contributed by atoms with Crippen LogP contribution in [0.4, 0.5) is 0 Å². The molecular formula is C29H46N3NaO9. The average Bonchev–Trinajstić information content (AvgIpc) is 3.34. The zero-order valence-corrected chi connectivity index (χ0v) is 26.4. The second kappa shape index (κ2) is 19.9. The summed E-state index contributed by atoms with van der Waals surface area (Å²) in [4.78, 5) is 20.5. The molecule has 0 unspecified atom stereocenters. The van der Waals surface area contributed by atoms with Gasteiger partial charge in [-0.1, -0.05) is 42.5 Å². The summed E-state index contributed by atoms with van der Waals surface area (Å²) in [7, 11) is 1.75. The first-order valence-electron chi connectivity index (χ1n) is 13.0. The third-order valence-electron chi connectivity index (χ3n) is 6.44. The van der Waals surface area contributed by atoms with Crippen LogP contribution in [-0.4, -0.2) is 94.5 Å². The number of carbonyl (C=O) groups is 1. The van der Waals surface area contributed by atoms with Crippen molar-refractivity contribution in [2.45, 2.75) is 50.6 Å². The van der Waals surface area contributed by atoms with E-state index in [2.05, 4.69) is 40.9 Å². The number of hydrogen-bond acceptors (Lipinski definition) is 10. The number of amides is 1. The van der Waals surface area contributed by atoms with Crippen molar-refractivity contribution in [2.24, 2.45) is 0 Å². The monoisotopic (exact) mass is 603 g/mol. The zero-order chi connectivity index (χ0) is 30.4. The number of H-pyrrole nitrogens is 1. The molecule has 2 aromatic carbocycles. The van der Waals surface area contributed by atoms with E-state index in [1.54, 1.807) is 6.08 Å². The Morgan fingerprint density at radius 1 is 1.07 bits per heavy atom. The Morgan fingerprint density at radius 3 is 2.40 bits per heavy atom. The van der Waals surface area contributed by atoms with E-state index in [-0.39, 0.29) is 33.8 Å². The van der Waals surface area contributed by atoms with E-state index in [1.807, 2.05) is 30.3 Å². The first kappa shape index (κ1) is 37.9. The van der Waals surface area contributed by atoms with Crippen molar-refractivity contribution in [1.29, 1.82) is 0 Å². The second-order valence-electron chi connectivity index (χ2n) is 9.06. The van der Waals surface area contributed by atoms with E-state index in [0.29, 0.717) is 0 Å². The first-order chi connectivity index (χ1) is 19.9. The van der Waals surface area contributed by atoms with Gasteiger partial charge in [-0.3, -0.25) is 4.79 Å². The molecule has 1 aromatic heterocycles. The Balaban J connectivity index is -0.00000212. The van der Waals surface area contributed by atoms with Gasteiger partial charge in [-0.05, 0) is 48.7 Å². The van der Waals surface area contributed by atoms with Gasteiger partial charge in [-0.2, -0.15) is 7.11 Å². The molecule has 1 saturated heterocycles. The Hall–Kier alpha value is -2.17. The molecule has 0 radical (unpaired) electrons. The second-order valence-corrected chi connectivity index (χ2v) is 9.06. The van der Waals surface area contributed by atoms with Crippen LogP contribution in [0.2, 0.25) is 0 Å². The number of carbonyl (C=O) groups excluding carboxylic acids is 1. The van der Waals surface area contributed by atoms with Gasteiger partial charge in [-0.25, -0.2) is 10.3 Å². The molecule has 0 bridgehead atoms. The number of hydroxylamine groups is 1. The molecule has 8 N–H and O–H groups in total. The van der Waals surface area contributed by atoms with Gasteiger partial charge in [0.1, 0.15) is 24.4 Å². The normalized spacial score (nSPS) is 21.5. The van der Waals surface area contributed by atoms with Crippen LogP contribution in [0.25, 0.3) is 17.0 Å². The molecule has 1 aliphatic heterocycles. The summed E-state index contributed by atoms with van der Waals surface area (Å²) < 4.78 is 5.16. The van der Waals surface area contributed by atoms with Gasteiger partial charge in [0.25, 0.3) is 5.91 Å². The molecule has 42 heavy (non-hydrogen) atoms. The summed E-state index contributed by atoms with van der Waals surface area (Å²) in [5, 5.41) is 58.7. The van der Waals surface area contributed by atoms with Crippen LogP contribution < -0.4 is 45.5 Å². The number of aromatic nitrogens is 1. The van der Waals surface area contributed by atoms with E-state index in [4.69, 9.17) is 19.8 Å². The Bertz CT molecular complexity index is 1240. The van der Waals surface area contributed by atoms with Gasteiger partial charge in [0.05, 0.1) is 6.61 Å². The fraction of sp³-hybridized carbons (Fsp3) is 0.414. The molecule has 4 rings (SSSR count). The van der Waals surface area contributed by atoms with Crippen LogP contribution in [0.15, 0.2) is 54.6 Å². The average molecular weight is 604 g/mol. The van der Waals surface area contributed by atoms with Gasteiger partial charge in [-0.15, -0.1) is 0 Å². The smallest absolute Gasteiger partial charge is 0.857 e. The number of aryl methyl sites for hydroxylation is 1. The van der Waals surface area contributed by atoms with E-state index in [1.165, 1.54) is 22.7 Å². The van der Waals surface area contributed by atoms with E-state index in [0.717, 1.165) is 50.4 Å². The van der Waals surface area contributed by atoms with Crippen molar-refractivity contribution >= 4 is 22.9 Å². The van der Waals surface area contributed by atoms with Crippen LogP contribution in [0.3, 0.4) is 0 Å². The molecule has 3 aromatic rings. The molecule has 0 saturated carbocycles. The van der Waals surface area contributed by atoms with Gasteiger partial charge in [0.2, 0.25) is 6.29 Å². The van der Waals surface area contributed by atoms with Gasteiger partial charge in [0, 0.05) is 40.6 Å². The summed E-state index contributed by atoms with van der Waals surface area (Å²) in [6.07, 6.45) is -3.48. The molecule has 1 fully saturated rings. The van der Waals surface area contributed by atoms with Crippen molar-refractivity contribution in [2.75, 3.05) is 27.4 Å². The van der Waals surface area contributed by atoms with Gasteiger partial charge < -0.3 is 45.7 Å². The van der Waals surface area contributed by atoms with Crippen molar-refractivity contribution in [3.63, 3.8) is 0 Å². The van der Waals surface area contributed by atoms with Crippen molar-refractivity contribution in [1.82, 2.24) is 15.8 Å².